The van der Waals surface area contributed by atoms with Crippen LogP contribution in [0.15, 0.2) is 10.9 Å². The molecule has 0 aliphatic carbocycles. The lowest BCUT2D eigenvalue weighted by molar-refractivity contribution is 0.339. The van der Waals surface area contributed by atoms with Crippen LogP contribution in [-0.4, -0.2) is 23.6 Å². The van der Waals surface area contributed by atoms with Crippen LogP contribution in [0.1, 0.15) is 31.9 Å². The van der Waals surface area contributed by atoms with E-state index >= 15 is 0 Å². The third kappa shape index (κ3) is 2.77. The van der Waals surface area contributed by atoms with E-state index in [1.807, 2.05) is 5.51 Å². The Bertz CT molecular complexity index is 278. The number of rotatable bonds is 5. The molecule has 4 heteroatoms. The first kappa shape index (κ1) is 11.0. The molecule has 0 spiro atoms. The second-order valence-corrected chi connectivity index (χ2v) is 4.97. The quantitative estimate of drug-likeness (QED) is 0.802. The molecular formula is C11H19N3S. The second-order valence-electron chi connectivity index (χ2n) is 4.25. The maximum atomic E-state index is 4.26. The minimum absolute atomic E-state index is 0.343. The number of nitrogens with zero attached hydrogens (tertiary/aromatic N) is 1. The summed E-state index contributed by atoms with van der Waals surface area (Å²) in [6.07, 6.45) is 3.82. The zero-order chi connectivity index (χ0) is 10.6. The molecule has 2 N–H and O–H groups in total. The van der Waals surface area contributed by atoms with Crippen molar-refractivity contribution in [3.05, 3.63) is 16.6 Å². The van der Waals surface area contributed by atoms with Crippen molar-refractivity contribution in [1.82, 2.24) is 15.6 Å². The van der Waals surface area contributed by atoms with Gasteiger partial charge >= 0.3 is 0 Å². The molecule has 0 amide bonds. The van der Waals surface area contributed by atoms with Gasteiger partial charge in [-0.05, 0) is 25.8 Å². The van der Waals surface area contributed by atoms with E-state index in [-0.39, 0.29) is 0 Å². The lowest BCUT2D eigenvalue weighted by atomic mass is 9.94. The average Bonchev–Trinajstić information content (AvgIpc) is 2.89. The van der Waals surface area contributed by atoms with Crippen LogP contribution >= 0.6 is 11.3 Å². The van der Waals surface area contributed by atoms with Crippen LogP contribution in [0.2, 0.25) is 0 Å². The normalized spacial score (nSPS) is 25.9. The highest BCUT2D eigenvalue weighted by molar-refractivity contribution is 7.07. The maximum absolute atomic E-state index is 4.26. The van der Waals surface area contributed by atoms with E-state index in [4.69, 9.17) is 0 Å². The Hall–Kier alpha value is -0.450. The van der Waals surface area contributed by atoms with Crippen LogP contribution in [0.4, 0.5) is 0 Å². The fourth-order valence-corrected chi connectivity index (χ4v) is 2.76. The van der Waals surface area contributed by atoms with Crippen molar-refractivity contribution in [1.29, 1.82) is 0 Å². The minimum atomic E-state index is 0.343. The molecule has 0 radical (unpaired) electrons. The van der Waals surface area contributed by atoms with Gasteiger partial charge in [0.1, 0.15) is 0 Å². The summed E-state index contributed by atoms with van der Waals surface area (Å²) in [5, 5.41) is 9.23. The lowest BCUT2D eigenvalue weighted by Gasteiger charge is -2.28. The van der Waals surface area contributed by atoms with Crippen molar-refractivity contribution in [3.8, 4) is 0 Å². The van der Waals surface area contributed by atoms with Crippen LogP contribution in [0.3, 0.4) is 0 Å². The third-order valence-electron chi connectivity index (χ3n) is 3.26. The Morgan fingerprint density at radius 2 is 2.60 bits per heavy atom. The Labute approximate surface area is 95.3 Å². The molecule has 84 valence electrons. The largest absolute Gasteiger partial charge is 0.310 e. The zero-order valence-corrected chi connectivity index (χ0v) is 10.1. The summed E-state index contributed by atoms with van der Waals surface area (Å²) in [5.41, 5.74) is 3.39. The standard InChI is InChI=1S/C11H19N3S/c1-2-11(4-3-5-14-11)8-12-6-10-7-15-9-13-10/h7,9,12,14H,2-6,8H2,1H3. The van der Waals surface area contributed by atoms with E-state index in [9.17, 15) is 0 Å². The van der Waals surface area contributed by atoms with Gasteiger partial charge < -0.3 is 10.6 Å². The molecule has 1 aromatic rings. The monoisotopic (exact) mass is 225 g/mol. The predicted molar refractivity (Wildman–Crippen MR) is 64.1 cm³/mol. The molecule has 1 fully saturated rings. The Balaban J connectivity index is 1.77. The Kier molecular flexibility index (Phi) is 3.72. The molecule has 2 rings (SSSR count). The molecule has 3 nitrogen and oxygen atoms in total. The molecule has 1 aliphatic rings. The lowest BCUT2D eigenvalue weighted by Crippen LogP contribution is -2.47. The molecule has 1 unspecified atom stereocenters. The summed E-state index contributed by atoms with van der Waals surface area (Å²) >= 11 is 1.66. The third-order valence-corrected chi connectivity index (χ3v) is 3.90. The summed E-state index contributed by atoms with van der Waals surface area (Å²) < 4.78 is 0. The van der Waals surface area contributed by atoms with Crippen LogP contribution in [0.5, 0.6) is 0 Å². The molecule has 0 aromatic carbocycles. The highest BCUT2D eigenvalue weighted by Gasteiger charge is 2.30. The van der Waals surface area contributed by atoms with Gasteiger partial charge in [-0.25, -0.2) is 4.98 Å². The molecular weight excluding hydrogens is 206 g/mol. The van der Waals surface area contributed by atoms with Gasteiger partial charge in [0.25, 0.3) is 0 Å². The topological polar surface area (TPSA) is 37.0 Å². The van der Waals surface area contributed by atoms with Crippen LogP contribution in [0.25, 0.3) is 0 Å². The van der Waals surface area contributed by atoms with E-state index in [1.165, 1.54) is 25.8 Å². The molecule has 0 saturated carbocycles. The van der Waals surface area contributed by atoms with E-state index in [2.05, 4.69) is 27.9 Å². The van der Waals surface area contributed by atoms with Gasteiger partial charge in [0.2, 0.25) is 0 Å². The molecule has 1 aromatic heterocycles. The fraction of sp³-hybridized carbons (Fsp3) is 0.727. The first-order valence-corrected chi connectivity index (χ1v) is 6.62. The molecule has 1 aliphatic heterocycles. The first-order chi connectivity index (χ1) is 7.35. The fourth-order valence-electron chi connectivity index (χ4n) is 2.20. The summed E-state index contributed by atoms with van der Waals surface area (Å²) in [6.45, 7) is 5.39. The average molecular weight is 225 g/mol. The Morgan fingerprint density at radius 1 is 1.67 bits per heavy atom. The molecule has 2 heterocycles. The minimum Gasteiger partial charge on any atom is -0.310 e. The summed E-state index contributed by atoms with van der Waals surface area (Å²) in [6, 6.07) is 0. The smallest absolute Gasteiger partial charge is 0.0795 e. The predicted octanol–water partition coefficient (Wildman–Crippen LogP) is 1.76. The second kappa shape index (κ2) is 5.05. The van der Waals surface area contributed by atoms with E-state index in [0.717, 1.165) is 18.8 Å². The summed E-state index contributed by atoms with van der Waals surface area (Å²) in [5.74, 6) is 0. The van der Waals surface area contributed by atoms with Crippen LogP contribution in [0, 0.1) is 0 Å². The summed E-state index contributed by atoms with van der Waals surface area (Å²) in [7, 11) is 0. The first-order valence-electron chi connectivity index (χ1n) is 5.67. The SMILES string of the molecule is CCC1(CNCc2cscn2)CCCN1. The van der Waals surface area contributed by atoms with E-state index in [1.54, 1.807) is 11.3 Å². The van der Waals surface area contributed by atoms with Crippen molar-refractivity contribution in [3.63, 3.8) is 0 Å². The van der Waals surface area contributed by atoms with E-state index in [0.29, 0.717) is 5.54 Å². The van der Waals surface area contributed by atoms with Gasteiger partial charge in [0, 0.05) is 24.0 Å². The Morgan fingerprint density at radius 3 is 3.20 bits per heavy atom. The van der Waals surface area contributed by atoms with Gasteiger partial charge in [-0.1, -0.05) is 6.92 Å². The summed E-state index contributed by atoms with van der Waals surface area (Å²) in [4.78, 5) is 4.26. The number of thiazole rings is 1. The number of nitrogens with one attached hydrogen (secondary N) is 2. The zero-order valence-electron chi connectivity index (χ0n) is 9.25. The van der Waals surface area contributed by atoms with Gasteiger partial charge in [0.05, 0.1) is 11.2 Å². The van der Waals surface area contributed by atoms with Crippen molar-refractivity contribution in [2.24, 2.45) is 0 Å². The van der Waals surface area contributed by atoms with Crippen molar-refractivity contribution in [2.75, 3.05) is 13.1 Å². The number of aromatic nitrogens is 1. The van der Waals surface area contributed by atoms with Gasteiger partial charge in [-0.3, -0.25) is 0 Å². The van der Waals surface area contributed by atoms with Crippen LogP contribution < -0.4 is 10.6 Å². The van der Waals surface area contributed by atoms with Gasteiger partial charge in [0.15, 0.2) is 0 Å². The number of hydrogen-bond acceptors (Lipinski definition) is 4. The van der Waals surface area contributed by atoms with Gasteiger partial charge in [-0.15, -0.1) is 11.3 Å². The molecule has 1 saturated heterocycles. The van der Waals surface area contributed by atoms with Crippen LogP contribution in [-0.2, 0) is 6.54 Å². The molecule has 15 heavy (non-hydrogen) atoms. The highest BCUT2D eigenvalue weighted by Crippen LogP contribution is 2.21. The van der Waals surface area contributed by atoms with Gasteiger partial charge in [-0.2, -0.15) is 0 Å². The van der Waals surface area contributed by atoms with E-state index < -0.39 is 0 Å². The number of hydrogen-bond donors (Lipinski definition) is 2. The molecule has 1 atom stereocenters. The van der Waals surface area contributed by atoms with Crippen molar-refractivity contribution in [2.45, 2.75) is 38.3 Å². The van der Waals surface area contributed by atoms with Crippen molar-refractivity contribution >= 4 is 11.3 Å². The highest BCUT2D eigenvalue weighted by atomic mass is 32.1. The van der Waals surface area contributed by atoms with Crippen molar-refractivity contribution < 1.29 is 0 Å². The maximum Gasteiger partial charge on any atom is 0.0795 e. The molecule has 0 bridgehead atoms.